The lowest BCUT2D eigenvalue weighted by Gasteiger charge is -2.32. The molecule has 2 aliphatic carbocycles. The van der Waals surface area contributed by atoms with Gasteiger partial charge >= 0.3 is 0 Å². The Labute approximate surface area is 186 Å². The summed E-state index contributed by atoms with van der Waals surface area (Å²) in [6.07, 6.45) is 10.5. The van der Waals surface area contributed by atoms with E-state index in [-0.39, 0.29) is 42.5 Å². The molecule has 1 fully saturated rings. The van der Waals surface area contributed by atoms with Crippen LogP contribution in [0.2, 0.25) is 0 Å². The maximum absolute atomic E-state index is 13.4. The van der Waals surface area contributed by atoms with E-state index in [0.717, 1.165) is 36.9 Å². The van der Waals surface area contributed by atoms with Gasteiger partial charge in [0.25, 0.3) is 0 Å². The first-order valence-corrected chi connectivity index (χ1v) is 11.7. The third kappa shape index (κ3) is 4.20. The van der Waals surface area contributed by atoms with E-state index in [2.05, 4.69) is 36.7 Å². The second-order valence-electron chi connectivity index (χ2n) is 9.47. The normalized spacial score (nSPS) is 25.2. The molecule has 3 atom stereocenters. The number of aromatic amines is 1. The van der Waals surface area contributed by atoms with Crippen LogP contribution in [0.15, 0.2) is 18.5 Å². The van der Waals surface area contributed by atoms with E-state index in [9.17, 15) is 14.4 Å². The number of ketones is 1. The van der Waals surface area contributed by atoms with E-state index in [4.69, 9.17) is 0 Å². The number of aryl methyl sites for hydroxylation is 1. The highest BCUT2D eigenvalue weighted by Gasteiger charge is 2.42. The maximum atomic E-state index is 13.4. The fourth-order valence-corrected chi connectivity index (χ4v) is 5.70. The number of hydrogen-bond donors (Lipinski definition) is 3. The predicted molar refractivity (Wildman–Crippen MR) is 115 cm³/mol. The number of hydrogen-bond acceptors (Lipinski definition) is 5. The van der Waals surface area contributed by atoms with Gasteiger partial charge in [0.05, 0.1) is 24.6 Å². The molecule has 170 valence electrons. The van der Waals surface area contributed by atoms with E-state index in [1.807, 2.05) is 6.20 Å². The quantitative estimate of drug-likeness (QED) is 0.633. The van der Waals surface area contributed by atoms with Crippen LogP contribution in [0.4, 0.5) is 0 Å². The van der Waals surface area contributed by atoms with Gasteiger partial charge in [0.2, 0.25) is 11.8 Å². The van der Waals surface area contributed by atoms with Gasteiger partial charge in [-0.3, -0.25) is 14.4 Å². The summed E-state index contributed by atoms with van der Waals surface area (Å²) in [6.45, 7) is 0.734. The topological polar surface area (TPSA) is 122 Å². The van der Waals surface area contributed by atoms with Crippen molar-refractivity contribution in [2.45, 2.75) is 76.4 Å². The van der Waals surface area contributed by atoms with Gasteiger partial charge in [0, 0.05) is 37.3 Å². The number of carbonyl (C=O) groups excluding carboxylic acids is 3. The molecule has 0 aromatic carbocycles. The van der Waals surface area contributed by atoms with Gasteiger partial charge in [0.15, 0.2) is 0 Å². The summed E-state index contributed by atoms with van der Waals surface area (Å²) in [7, 11) is 0. The largest absolute Gasteiger partial charge is 0.352 e. The van der Waals surface area contributed by atoms with Crippen LogP contribution >= 0.6 is 0 Å². The summed E-state index contributed by atoms with van der Waals surface area (Å²) in [5.41, 5.74) is 2.79. The van der Waals surface area contributed by atoms with Crippen molar-refractivity contribution in [1.29, 1.82) is 0 Å². The second kappa shape index (κ2) is 8.88. The zero-order valence-electron chi connectivity index (χ0n) is 18.2. The summed E-state index contributed by atoms with van der Waals surface area (Å²) < 4.78 is 2.06. The summed E-state index contributed by atoms with van der Waals surface area (Å²) in [5.74, 6) is -0.426. The van der Waals surface area contributed by atoms with Gasteiger partial charge in [-0.25, -0.2) is 0 Å². The number of carbonyl (C=O) groups is 3. The van der Waals surface area contributed by atoms with Crippen molar-refractivity contribution in [3.63, 3.8) is 0 Å². The number of rotatable bonds is 6. The Hall–Kier alpha value is -2.97. The lowest BCUT2D eigenvalue weighted by Crippen LogP contribution is -2.45. The van der Waals surface area contributed by atoms with Crippen LogP contribution in [0, 0.1) is 11.8 Å². The highest BCUT2D eigenvalue weighted by Crippen LogP contribution is 2.38. The number of nitrogens with one attached hydrogen (secondary N) is 3. The van der Waals surface area contributed by atoms with Crippen molar-refractivity contribution in [2.24, 2.45) is 11.8 Å². The molecular weight excluding hydrogens is 408 g/mol. The molecule has 9 heteroatoms. The average molecular weight is 439 g/mol. The zero-order chi connectivity index (χ0) is 22.1. The highest BCUT2D eigenvalue weighted by molar-refractivity contribution is 5.92. The fourth-order valence-electron chi connectivity index (χ4n) is 5.70. The Morgan fingerprint density at radius 1 is 1.22 bits per heavy atom. The molecule has 9 nitrogen and oxygen atoms in total. The number of nitrogens with zero attached hydrogens (tertiary/aromatic N) is 3. The van der Waals surface area contributed by atoms with E-state index in [1.54, 1.807) is 6.20 Å². The minimum absolute atomic E-state index is 0.0381. The molecule has 2 aromatic heterocycles. The number of Topliss-reactive ketones (excluding diaryl/α,β-unsaturated/α-hetero) is 1. The van der Waals surface area contributed by atoms with Gasteiger partial charge < -0.3 is 15.2 Å². The minimum atomic E-state index is -0.452. The molecule has 1 aliphatic heterocycles. The molecule has 3 heterocycles. The summed E-state index contributed by atoms with van der Waals surface area (Å²) >= 11 is 0. The zero-order valence-corrected chi connectivity index (χ0v) is 18.2. The molecule has 0 spiro atoms. The molecule has 1 saturated carbocycles. The van der Waals surface area contributed by atoms with Crippen molar-refractivity contribution in [3.8, 4) is 0 Å². The van der Waals surface area contributed by atoms with Crippen molar-refractivity contribution >= 4 is 17.6 Å². The Morgan fingerprint density at radius 2 is 2.06 bits per heavy atom. The van der Waals surface area contributed by atoms with Crippen LogP contribution in [0.25, 0.3) is 0 Å². The molecule has 5 rings (SSSR count). The Kier molecular flexibility index (Phi) is 5.80. The number of H-pyrrole nitrogens is 1. The van der Waals surface area contributed by atoms with E-state index >= 15 is 0 Å². The average Bonchev–Trinajstić information content (AvgIpc) is 3.53. The fraction of sp³-hybridized carbons (Fsp3) is 0.609. The first-order valence-electron chi connectivity index (χ1n) is 11.7. The lowest BCUT2D eigenvalue weighted by molar-refractivity contribution is -0.130. The van der Waals surface area contributed by atoms with E-state index in [1.165, 1.54) is 12.8 Å². The van der Waals surface area contributed by atoms with Crippen molar-refractivity contribution < 1.29 is 14.4 Å². The lowest BCUT2D eigenvalue weighted by atomic mass is 9.79. The number of amides is 2. The summed E-state index contributed by atoms with van der Waals surface area (Å²) in [4.78, 5) is 39.0. The van der Waals surface area contributed by atoms with Gasteiger partial charge in [-0.05, 0) is 43.2 Å². The van der Waals surface area contributed by atoms with Gasteiger partial charge in [0.1, 0.15) is 11.5 Å². The molecule has 2 aromatic rings. The van der Waals surface area contributed by atoms with Crippen LogP contribution in [0.3, 0.4) is 0 Å². The van der Waals surface area contributed by atoms with Gasteiger partial charge in [-0.15, -0.1) is 0 Å². The second-order valence-corrected chi connectivity index (χ2v) is 9.47. The Morgan fingerprint density at radius 3 is 2.84 bits per heavy atom. The molecule has 2 amide bonds. The van der Waals surface area contributed by atoms with Crippen LogP contribution in [-0.4, -0.2) is 43.6 Å². The summed E-state index contributed by atoms with van der Waals surface area (Å²) in [5, 5.41) is 16.3. The third-order valence-electron chi connectivity index (χ3n) is 7.30. The van der Waals surface area contributed by atoms with E-state index in [0.29, 0.717) is 24.6 Å². The third-order valence-corrected chi connectivity index (χ3v) is 7.30. The molecule has 3 unspecified atom stereocenters. The van der Waals surface area contributed by atoms with Crippen molar-refractivity contribution in [3.05, 3.63) is 35.4 Å². The van der Waals surface area contributed by atoms with Crippen LogP contribution in [0.5, 0.6) is 0 Å². The first kappa shape index (κ1) is 20.9. The maximum Gasteiger partial charge on any atom is 0.225 e. The number of aromatic nitrogens is 4. The first-order chi connectivity index (χ1) is 15.6. The standard InChI is InChI=1S/C23H30N6O3/c30-19-10-16(23(32)24-11-17-12-25-28-27-17)13-29-8-7-15-5-6-18(21(19)22(15)29)26-20(31)9-14-3-1-2-4-14/h7-8,12,14,16,18,21H,1-6,9-11,13H2,(H,24,32)(H,26,31)(H,25,27,28). The molecule has 3 N–H and O–H groups in total. The molecule has 32 heavy (non-hydrogen) atoms. The van der Waals surface area contributed by atoms with E-state index < -0.39 is 5.92 Å². The monoisotopic (exact) mass is 438 g/mol. The molecule has 0 bridgehead atoms. The Balaban J connectivity index is 1.30. The van der Waals surface area contributed by atoms with Gasteiger partial charge in [-0.1, -0.05) is 12.8 Å². The van der Waals surface area contributed by atoms with Crippen molar-refractivity contribution in [2.75, 3.05) is 0 Å². The molecule has 0 radical (unpaired) electrons. The predicted octanol–water partition coefficient (Wildman–Crippen LogP) is 1.61. The van der Waals surface area contributed by atoms with Gasteiger partial charge in [-0.2, -0.15) is 15.4 Å². The van der Waals surface area contributed by atoms with Crippen LogP contribution < -0.4 is 10.6 Å². The molecule has 0 saturated heterocycles. The van der Waals surface area contributed by atoms with Crippen LogP contribution in [-0.2, 0) is 33.9 Å². The minimum Gasteiger partial charge on any atom is -0.352 e. The smallest absolute Gasteiger partial charge is 0.225 e. The summed E-state index contributed by atoms with van der Waals surface area (Å²) in [6, 6.07) is 1.86. The molecule has 3 aliphatic rings. The SMILES string of the molecule is O=C(CC1CCCC1)NC1CCc2ccn3c2C1C(=O)CC(C(=O)NCc1cn[nH]n1)C3. The highest BCUT2D eigenvalue weighted by atomic mass is 16.2. The van der Waals surface area contributed by atoms with Crippen LogP contribution in [0.1, 0.15) is 67.8 Å². The molecular formula is C23H30N6O3. The van der Waals surface area contributed by atoms with Crippen molar-refractivity contribution in [1.82, 2.24) is 30.6 Å². The Bertz CT molecular complexity index is 992.